The first kappa shape index (κ1) is 10.1. The highest BCUT2D eigenvalue weighted by Gasteiger charge is 2.23. The first-order valence-electron chi connectivity index (χ1n) is 5.44. The van der Waals surface area contributed by atoms with E-state index in [1.807, 2.05) is 29.2 Å². The van der Waals surface area contributed by atoms with Crippen LogP contribution in [0.3, 0.4) is 0 Å². The summed E-state index contributed by atoms with van der Waals surface area (Å²) in [5.41, 5.74) is 2.38. The summed E-state index contributed by atoms with van der Waals surface area (Å²) >= 11 is 0. The predicted octanol–water partition coefficient (Wildman–Crippen LogP) is 2.81. The zero-order chi connectivity index (χ0) is 10.9. The maximum Gasteiger partial charge on any atom is 0.158 e. The van der Waals surface area contributed by atoms with Gasteiger partial charge in [-0.25, -0.2) is 9.50 Å². The van der Waals surface area contributed by atoms with Gasteiger partial charge in [-0.05, 0) is 17.9 Å². The van der Waals surface area contributed by atoms with Crippen molar-refractivity contribution in [2.75, 3.05) is 0 Å². The molecule has 3 nitrogen and oxygen atoms in total. The molecule has 2 aromatic heterocycles. The van der Waals surface area contributed by atoms with E-state index in [4.69, 9.17) is 0 Å². The van der Waals surface area contributed by atoms with Crippen molar-refractivity contribution in [1.29, 1.82) is 0 Å². The van der Waals surface area contributed by atoms with Gasteiger partial charge in [0.05, 0.1) is 6.20 Å². The smallest absolute Gasteiger partial charge is 0.158 e. The minimum atomic E-state index is 0.158. The van der Waals surface area contributed by atoms with Gasteiger partial charge in [0.25, 0.3) is 0 Å². The van der Waals surface area contributed by atoms with Crippen LogP contribution in [0.4, 0.5) is 0 Å². The van der Waals surface area contributed by atoms with Crippen molar-refractivity contribution < 1.29 is 0 Å². The Labute approximate surface area is 90.1 Å². The zero-order valence-electron chi connectivity index (χ0n) is 9.57. The molecule has 15 heavy (non-hydrogen) atoms. The van der Waals surface area contributed by atoms with E-state index < -0.39 is 0 Å². The van der Waals surface area contributed by atoms with Gasteiger partial charge in [0.15, 0.2) is 5.65 Å². The minimum Gasteiger partial charge on any atom is -0.237 e. The standard InChI is InChI=1S/C12H17N3/c1-4-6-12(2,3)10-9-14-15-8-5-7-13-11(10)15/h5,7-9H,4,6H2,1-3H3. The summed E-state index contributed by atoms with van der Waals surface area (Å²) in [6.45, 7) is 6.71. The highest BCUT2D eigenvalue weighted by molar-refractivity contribution is 5.49. The highest BCUT2D eigenvalue weighted by atomic mass is 15.2. The van der Waals surface area contributed by atoms with E-state index in [1.165, 1.54) is 12.0 Å². The third-order valence-corrected chi connectivity index (χ3v) is 2.88. The molecule has 80 valence electrons. The average Bonchev–Trinajstić information content (AvgIpc) is 2.61. The molecular weight excluding hydrogens is 186 g/mol. The van der Waals surface area contributed by atoms with Gasteiger partial charge in [-0.3, -0.25) is 0 Å². The molecule has 0 radical (unpaired) electrons. The molecule has 0 aliphatic heterocycles. The summed E-state index contributed by atoms with van der Waals surface area (Å²) in [6, 6.07) is 1.90. The van der Waals surface area contributed by atoms with Gasteiger partial charge in [0.1, 0.15) is 0 Å². The lowest BCUT2D eigenvalue weighted by Gasteiger charge is -2.22. The quantitative estimate of drug-likeness (QED) is 0.767. The Balaban J connectivity index is 2.52. The Kier molecular flexibility index (Phi) is 2.47. The molecule has 0 N–H and O–H groups in total. The molecule has 0 spiro atoms. The van der Waals surface area contributed by atoms with Crippen LogP contribution in [0.15, 0.2) is 24.7 Å². The number of aromatic nitrogens is 3. The van der Waals surface area contributed by atoms with Gasteiger partial charge in [-0.15, -0.1) is 0 Å². The molecule has 0 atom stereocenters. The molecule has 0 saturated heterocycles. The van der Waals surface area contributed by atoms with Gasteiger partial charge in [0, 0.05) is 18.0 Å². The van der Waals surface area contributed by atoms with Crippen molar-refractivity contribution >= 4 is 5.65 Å². The van der Waals surface area contributed by atoms with E-state index in [9.17, 15) is 0 Å². The summed E-state index contributed by atoms with van der Waals surface area (Å²) in [7, 11) is 0. The van der Waals surface area contributed by atoms with E-state index in [-0.39, 0.29) is 5.41 Å². The Morgan fingerprint density at radius 3 is 2.93 bits per heavy atom. The lowest BCUT2D eigenvalue weighted by Crippen LogP contribution is -2.16. The molecule has 0 aliphatic rings. The average molecular weight is 203 g/mol. The number of fused-ring (bicyclic) bond motifs is 1. The first-order chi connectivity index (χ1) is 7.15. The Morgan fingerprint density at radius 1 is 1.40 bits per heavy atom. The fourth-order valence-corrected chi connectivity index (χ4v) is 2.06. The van der Waals surface area contributed by atoms with E-state index >= 15 is 0 Å². The van der Waals surface area contributed by atoms with Crippen molar-refractivity contribution in [3.63, 3.8) is 0 Å². The fraction of sp³-hybridized carbons (Fsp3) is 0.500. The molecule has 0 bridgehead atoms. The van der Waals surface area contributed by atoms with Crippen LogP contribution in [0.1, 0.15) is 39.2 Å². The largest absolute Gasteiger partial charge is 0.237 e. The monoisotopic (exact) mass is 203 g/mol. The summed E-state index contributed by atoms with van der Waals surface area (Å²) in [5.74, 6) is 0. The second-order valence-corrected chi connectivity index (χ2v) is 4.58. The minimum absolute atomic E-state index is 0.158. The van der Waals surface area contributed by atoms with Gasteiger partial charge in [-0.2, -0.15) is 5.10 Å². The fourth-order valence-electron chi connectivity index (χ4n) is 2.06. The number of rotatable bonds is 3. The normalized spacial score (nSPS) is 12.2. The summed E-state index contributed by atoms with van der Waals surface area (Å²) < 4.78 is 1.84. The number of hydrogen-bond donors (Lipinski definition) is 0. The van der Waals surface area contributed by atoms with Crippen molar-refractivity contribution in [3.8, 4) is 0 Å². The van der Waals surface area contributed by atoms with Gasteiger partial charge < -0.3 is 0 Å². The summed E-state index contributed by atoms with van der Waals surface area (Å²) in [4.78, 5) is 4.39. The lowest BCUT2D eigenvalue weighted by molar-refractivity contribution is 0.476. The number of nitrogens with zero attached hydrogens (tertiary/aromatic N) is 3. The Hall–Kier alpha value is -1.38. The van der Waals surface area contributed by atoms with Crippen LogP contribution in [-0.4, -0.2) is 14.6 Å². The predicted molar refractivity (Wildman–Crippen MR) is 60.9 cm³/mol. The third-order valence-electron chi connectivity index (χ3n) is 2.88. The Morgan fingerprint density at radius 2 is 2.20 bits per heavy atom. The molecule has 2 heterocycles. The van der Waals surface area contributed by atoms with Crippen LogP contribution in [0.2, 0.25) is 0 Å². The molecule has 0 saturated carbocycles. The van der Waals surface area contributed by atoms with Crippen molar-refractivity contribution in [3.05, 3.63) is 30.2 Å². The lowest BCUT2D eigenvalue weighted by atomic mass is 9.82. The van der Waals surface area contributed by atoms with Crippen molar-refractivity contribution in [2.45, 2.75) is 39.0 Å². The van der Waals surface area contributed by atoms with Gasteiger partial charge in [0.2, 0.25) is 0 Å². The molecule has 2 rings (SSSR count). The topological polar surface area (TPSA) is 30.2 Å². The molecule has 0 fully saturated rings. The van der Waals surface area contributed by atoms with E-state index in [1.54, 1.807) is 0 Å². The van der Waals surface area contributed by atoms with Gasteiger partial charge >= 0.3 is 0 Å². The zero-order valence-corrected chi connectivity index (χ0v) is 9.57. The van der Waals surface area contributed by atoms with Crippen molar-refractivity contribution in [2.24, 2.45) is 0 Å². The molecule has 0 aromatic carbocycles. The summed E-state index contributed by atoms with van der Waals surface area (Å²) in [6.07, 6.45) is 8.04. The van der Waals surface area contributed by atoms with Gasteiger partial charge in [-0.1, -0.05) is 27.2 Å². The highest BCUT2D eigenvalue weighted by Crippen LogP contribution is 2.30. The SMILES string of the molecule is CCCC(C)(C)c1cnn2cccnc12. The van der Waals surface area contributed by atoms with Crippen LogP contribution in [0, 0.1) is 0 Å². The third kappa shape index (κ3) is 1.74. The maximum absolute atomic E-state index is 4.39. The molecule has 0 amide bonds. The second-order valence-electron chi connectivity index (χ2n) is 4.58. The van der Waals surface area contributed by atoms with Crippen LogP contribution in [-0.2, 0) is 5.41 Å². The van der Waals surface area contributed by atoms with E-state index in [0.717, 1.165) is 12.1 Å². The van der Waals surface area contributed by atoms with Crippen LogP contribution >= 0.6 is 0 Å². The second kappa shape index (κ2) is 3.65. The van der Waals surface area contributed by atoms with E-state index in [2.05, 4.69) is 30.9 Å². The molecule has 3 heteroatoms. The molecule has 0 unspecified atom stereocenters. The molecule has 0 aliphatic carbocycles. The molecular formula is C12H17N3. The van der Waals surface area contributed by atoms with Crippen LogP contribution < -0.4 is 0 Å². The maximum atomic E-state index is 4.39. The van der Waals surface area contributed by atoms with Crippen LogP contribution in [0.25, 0.3) is 5.65 Å². The number of hydrogen-bond acceptors (Lipinski definition) is 2. The summed E-state index contributed by atoms with van der Waals surface area (Å²) in [5, 5.41) is 4.32. The Bertz CT molecular complexity index is 457. The van der Waals surface area contributed by atoms with Crippen molar-refractivity contribution in [1.82, 2.24) is 14.6 Å². The van der Waals surface area contributed by atoms with E-state index in [0.29, 0.717) is 0 Å². The van der Waals surface area contributed by atoms with Crippen LogP contribution in [0.5, 0.6) is 0 Å². The first-order valence-corrected chi connectivity index (χ1v) is 5.44. The molecule has 2 aromatic rings.